The van der Waals surface area contributed by atoms with Crippen molar-refractivity contribution in [3.63, 3.8) is 0 Å². The van der Waals surface area contributed by atoms with Crippen LogP contribution in [0.2, 0.25) is 0 Å². The number of sulfonamides is 1. The molecule has 0 unspecified atom stereocenters. The maximum Gasteiger partial charge on any atom is 0.333 e. The number of carbonyl (C=O) groups excluding carboxylic acids is 1. The van der Waals surface area contributed by atoms with Gasteiger partial charge in [0.05, 0.1) is 0 Å². The smallest absolute Gasteiger partial charge is 0.333 e. The van der Waals surface area contributed by atoms with Crippen molar-refractivity contribution in [2.24, 2.45) is 0 Å². The summed E-state index contributed by atoms with van der Waals surface area (Å²) in [7, 11) is -0.819. The summed E-state index contributed by atoms with van der Waals surface area (Å²) in [6, 6.07) is 2.99. The highest BCUT2D eigenvalue weighted by Crippen LogP contribution is 2.33. The van der Waals surface area contributed by atoms with Crippen LogP contribution in [0.3, 0.4) is 0 Å². The van der Waals surface area contributed by atoms with Gasteiger partial charge < -0.3 is 10.2 Å². The Hall–Kier alpha value is -2.75. The molecule has 1 heterocycles. The van der Waals surface area contributed by atoms with Gasteiger partial charge in [-0.05, 0) is 35.1 Å². The van der Waals surface area contributed by atoms with E-state index in [2.05, 4.69) is 15.3 Å². The molecule has 0 aliphatic rings. The van der Waals surface area contributed by atoms with Crippen LogP contribution in [0.25, 0.3) is 0 Å². The summed E-state index contributed by atoms with van der Waals surface area (Å²) in [6.07, 6.45) is 1.11. The van der Waals surface area contributed by atoms with Gasteiger partial charge in [-0.3, -0.25) is 0 Å². The van der Waals surface area contributed by atoms with E-state index < -0.39 is 21.9 Å². The van der Waals surface area contributed by atoms with E-state index in [0.29, 0.717) is 22.6 Å². The minimum atomic E-state index is -4.22. The lowest BCUT2D eigenvalue weighted by molar-refractivity contribution is 0.256. The monoisotopic (exact) mass is 423 g/mol. The molecule has 0 saturated heterocycles. The van der Waals surface area contributed by atoms with E-state index in [1.165, 1.54) is 18.2 Å². The average Bonchev–Trinajstić information content (AvgIpc) is 2.62. The molecule has 0 spiro atoms. The molecule has 0 aliphatic carbocycles. The second-order valence-electron chi connectivity index (χ2n) is 7.44. The zero-order valence-electron chi connectivity index (χ0n) is 17.3. The van der Waals surface area contributed by atoms with Crippen molar-refractivity contribution in [1.82, 2.24) is 14.7 Å². The number of halogens is 1. The van der Waals surface area contributed by atoms with Crippen molar-refractivity contribution in [2.45, 2.75) is 44.6 Å². The van der Waals surface area contributed by atoms with Gasteiger partial charge in [0.2, 0.25) is 0 Å². The molecule has 10 heteroatoms. The topological polar surface area (TPSA) is 104 Å². The fraction of sp³-hybridized carbons (Fsp3) is 0.421. The minimum absolute atomic E-state index is 0.0837. The van der Waals surface area contributed by atoms with E-state index in [-0.39, 0.29) is 16.9 Å². The number of hydrogen-bond donors (Lipinski definition) is 2. The number of aromatic nitrogens is 2. The summed E-state index contributed by atoms with van der Waals surface area (Å²) >= 11 is 0. The second kappa shape index (κ2) is 8.73. The molecule has 0 fully saturated rings. The van der Waals surface area contributed by atoms with Crippen LogP contribution in [0.15, 0.2) is 29.6 Å². The fourth-order valence-electron chi connectivity index (χ4n) is 2.74. The summed E-state index contributed by atoms with van der Waals surface area (Å²) in [5.74, 6) is -0.198. The molecule has 2 rings (SSSR count). The lowest BCUT2D eigenvalue weighted by Crippen LogP contribution is -2.35. The van der Waals surface area contributed by atoms with E-state index in [0.717, 1.165) is 6.33 Å². The first kappa shape index (κ1) is 22.5. The van der Waals surface area contributed by atoms with Crippen LogP contribution in [0.5, 0.6) is 0 Å². The van der Waals surface area contributed by atoms with Gasteiger partial charge in [-0.15, -0.1) is 0 Å². The van der Waals surface area contributed by atoms with Gasteiger partial charge in [-0.25, -0.2) is 23.9 Å². The maximum absolute atomic E-state index is 14.0. The molecule has 29 heavy (non-hydrogen) atoms. The van der Waals surface area contributed by atoms with Crippen molar-refractivity contribution in [3.8, 4) is 0 Å². The predicted octanol–water partition coefficient (Wildman–Crippen LogP) is 3.44. The number of nitrogens with zero attached hydrogens (tertiary/aromatic N) is 3. The second-order valence-corrected chi connectivity index (χ2v) is 9.07. The number of urea groups is 1. The first-order valence-corrected chi connectivity index (χ1v) is 10.6. The van der Waals surface area contributed by atoms with Crippen molar-refractivity contribution >= 4 is 27.6 Å². The molecule has 158 valence electrons. The SMILES string of the molecule is CC(C)c1cc(F)cc(C(C)C)c1NC(=O)NS(=O)(=O)c1cc(N(C)C)ncn1. The highest BCUT2D eigenvalue weighted by molar-refractivity contribution is 7.90. The number of hydrogen-bond acceptors (Lipinski definition) is 6. The van der Waals surface area contributed by atoms with Gasteiger partial charge in [-0.2, -0.15) is 8.42 Å². The summed E-state index contributed by atoms with van der Waals surface area (Å²) in [5.41, 5.74) is 1.57. The summed E-state index contributed by atoms with van der Waals surface area (Å²) in [5, 5.41) is 2.25. The Labute approximate surface area is 170 Å². The lowest BCUT2D eigenvalue weighted by atomic mass is 9.92. The van der Waals surface area contributed by atoms with E-state index >= 15 is 0 Å². The highest BCUT2D eigenvalue weighted by atomic mass is 32.2. The highest BCUT2D eigenvalue weighted by Gasteiger charge is 2.23. The number of amides is 2. The Morgan fingerprint density at radius 1 is 1.03 bits per heavy atom. The predicted molar refractivity (Wildman–Crippen MR) is 110 cm³/mol. The molecule has 0 bridgehead atoms. The molecule has 2 aromatic rings. The lowest BCUT2D eigenvalue weighted by Gasteiger charge is -2.20. The Morgan fingerprint density at radius 2 is 1.59 bits per heavy atom. The molecule has 0 atom stereocenters. The van der Waals surface area contributed by atoms with Crippen molar-refractivity contribution in [3.05, 3.63) is 41.5 Å². The zero-order valence-corrected chi connectivity index (χ0v) is 18.1. The molecule has 0 saturated carbocycles. The van der Waals surface area contributed by atoms with Gasteiger partial charge in [0, 0.05) is 25.8 Å². The Kier molecular flexibility index (Phi) is 6.78. The number of nitrogens with one attached hydrogen (secondary N) is 2. The molecule has 8 nitrogen and oxygen atoms in total. The largest absolute Gasteiger partial charge is 0.363 e. The minimum Gasteiger partial charge on any atom is -0.363 e. The molecular weight excluding hydrogens is 397 g/mol. The van der Waals surface area contributed by atoms with Gasteiger partial charge in [0.15, 0.2) is 5.03 Å². The first-order valence-electron chi connectivity index (χ1n) is 9.09. The summed E-state index contributed by atoms with van der Waals surface area (Å²) < 4.78 is 41.1. The average molecular weight is 424 g/mol. The molecule has 2 amide bonds. The van der Waals surface area contributed by atoms with Gasteiger partial charge in [0.25, 0.3) is 10.0 Å². The van der Waals surface area contributed by atoms with Crippen molar-refractivity contribution in [1.29, 1.82) is 0 Å². The van der Waals surface area contributed by atoms with E-state index in [9.17, 15) is 17.6 Å². The Bertz CT molecular complexity index is 978. The molecule has 0 radical (unpaired) electrons. The molecular formula is C19H26FN5O3S. The normalized spacial score (nSPS) is 11.6. The van der Waals surface area contributed by atoms with Crippen LogP contribution in [0.4, 0.5) is 20.7 Å². The molecule has 1 aromatic carbocycles. The van der Waals surface area contributed by atoms with Crippen LogP contribution >= 0.6 is 0 Å². The standard InChI is InChI=1S/C19H26FN5O3S/c1-11(2)14-7-13(20)8-15(12(3)4)18(14)23-19(26)24-29(27,28)17-9-16(25(5)6)21-10-22-17/h7-12H,1-6H3,(H2,23,24,26). The summed E-state index contributed by atoms with van der Waals surface area (Å²) in [6.45, 7) is 7.45. The molecule has 1 aromatic heterocycles. The Balaban J connectivity index is 2.35. The van der Waals surface area contributed by atoms with E-state index in [1.54, 1.807) is 19.0 Å². The number of rotatable bonds is 6. The molecule has 0 aliphatic heterocycles. The van der Waals surface area contributed by atoms with Crippen LogP contribution in [0, 0.1) is 5.82 Å². The Morgan fingerprint density at radius 3 is 2.07 bits per heavy atom. The number of benzene rings is 1. The number of carbonyl (C=O) groups is 1. The van der Waals surface area contributed by atoms with Crippen LogP contribution in [0.1, 0.15) is 50.7 Å². The fourth-order valence-corrected chi connectivity index (χ4v) is 3.59. The first-order chi connectivity index (χ1) is 13.4. The maximum atomic E-state index is 14.0. The van der Waals surface area contributed by atoms with Crippen molar-refractivity contribution < 1.29 is 17.6 Å². The number of anilines is 2. The van der Waals surface area contributed by atoms with E-state index in [4.69, 9.17) is 0 Å². The summed E-state index contributed by atoms with van der Waals surface area (Å²) in [4.78, 5) is 21.8. The van der Waals surface area contributed by atoms with Crippen LogP contribution < -0.4 is 14.9 Å². The zero-order chi connectivity index (χ0) is 21.9. The third-order valence-electron chi connectivity index (χ3n) is 4.23. The van der Waals surface area contributed by atoms with Gasteiger partial charge in [-0.1, -0.05) is 27.7 Å². The van der Waals surface area contributed by atoms with E-state index in [1.807, 2.05) is 32.4 Å². The van der Waals surface area contributed by atoms with Crippen molar-refractivity contribution in [2.75, 3.05) is 24.3 Å². The van der Waals surface area contributed by atoms with Crippen LogP contribution in [-0.4, -0.2) is 38.5 Å². The van der Waals surface area contributed by atoms with Crippen LogP contribution in [-0.2, 0) is 10.0 Å². The van der Waals surface area contributed by atoms with Gasteiger partial charge >= 0.3 is 6.03 Å². The third kappa shape index (κ3) is 5.41. The molecule has 2 N–H and O–H groups in total. The third-order valence-corrected chi connectivity index (χ3v) is 5.46. The van der Waals surface area contributed by atoms with Gasteiger partial charge in [0.1, 0.15) is 18.0 Å². The quantitative estimate of drug-likeness (QED) is 0.690.